The second-order valence-corrected chi connectivity index (χ2v) is 7.52. The number of anilines is 2. The number of H-pyrrole nitrogens is 1. The molecule has 29 heavy (non-hydrogen) atoms. The largest absolute Gasteiger partial charge is 0.382 e. The smallest absolute Gasteiger partial charge is 0.231 e. The number of rotatable bonds is 3. The van der Waals surface area contributed by atoms with E-state index >= 15 is 0 Å². The fraction of sp³-hybridized carbons (Fsp3) is 0.174. The molecular weight excluding hydrogens is 362 g/mol. The molecule has 0 fully saturated rings. The molecule has 144 valence electrons. The molecule has 6 heteroatoms. The molecule has 0 saturated heterocycles. The minimum absolute atomic E-state index is 0.130. The van der Waals surface area contributed by atoms with Crippen molar-refractivity contribution in [1.29, 1.82) is 0 Å². The highest BCUT2D eigenvalue weighted by Gasteiger charge is 2.25. The molecule has 2 aromatic carbocycles. The van der Waals surface area contributed by atoms with Gasteiger partial charge in [-0.15, -0.1) is 0 Å². The number of carbonyl (C=O) groups is 1. The van der Waals surface area contributed by atoms with Gasteiger partial charge < -0.3 is 10.6 Å². The fourth-order valence-corrected chi connectivity index (χ4v) is 4.14. The van der Waals surface area contributed by atoms with Crippen LogP contribution in [0.4, 0.5) is 11.5 Å². The Kier molecular flexibility index (Phi) is 4.05. The van der Waals surface area contributed by atoms with Crippen molar-refractivity contribution < 1.29 is 4.79 Å². The second-order valence-electron chi connectivity index (χ2n) is 7.52. The van der Waals surface area contributed by atoms with Crippen molar-refractivity contribution in [2.75, 3.05) is 17.2 Å². The molecule has 5 rings (SSSR count). The molecule has 0 atom stereocenters. The molecule has 0 spiro atoms. The minimum Gasteiger partial charge on any atom is -0.382 e. The standard InChI is InChI=1S/C23H21N5O/c1-14-3-2-4-15(9-14)10-21(29)28-8-7-17-11-16(5-6-20(17)28)18-12-25-13-19-22(18)23(24)27-26-19/h2-6,9,11-13H,7-8,10H2,1H3,(H3,24,26,27). The van der Waals surface area contributed by atoms with Gasteiger partial charge in [-0.25, -0.2) is 0 Å². The van der Waals surface area contributed by atoms with Crippen molar-refractivity contribution in [3.63, 3.8) is 0 Å². The molecular formula is C23H21N5O. The number of amides is 1. The van der Waals surface area contributed by atoms with Crippen molar-refractivity contribution in [1.82, 2.24) is 15.2 Å². The van der Waals surface area contributed by atoms with Gasteiger partial charge in [0.15, 0.2) is 5.82 Å². The summed E-state index contributed by atoms with van der Waals surface area (Å²) in [6.07, 6.45) is 4.79. The Hall–Kier alpha value is -3.67. The summed E-state index contributed by atoms with van der Waals surface area (Å²) in [6, 6.07) is 14.3. The fourth-order valence-electron chi connectivity index (χ4n) is 4.14. The third-order valence-corrected chi connectivity index (χ3v) is 5.52. The van der Waals surface area contributed by atoms with E-state index in [1.165, 1.54) is 11.1 Å². The molecule has 0 bridgehead atoms. The van der Waals surface area contributed by atoms with Crippen LogP contribution >= 0.6 is 0 Å². The Balaban J connectivity index is 1.46. The first-order valence-electron chi connectivity index (χ1n) is 9.67. The summed E-state index contributed by atoms with van der Waals surface area (Å²) in [5.41, 5.74) is 13.2. The van der Waals surface area contributed by atoms with Crippen LogP contribution in [-0.2, 0) is 17.6 Å². The van der Waals surface area contributed by atoms with E-state index in [0.29, 0.717) is 18.8 Å². The van der Waals surface area contributed by atoms with Gasteiger partial charge in [0.25, 0.3) is 0 Å². The summed E-state index contributed by atoms with van der Waals surface area (Å²) in [6.45, 7) is 2.75. The van der Waals surface area contributed by atoms with E-state index in [4.69, 9.17) is 5.73 Å². The summed E-state index contributed by atoms with van der Waals surface area (Å²) in [5.74, 6) is 0.595. The monoisotopic (exact) mass is 383 g/mol. The van der Waals surface area contributed by atoms with E-state index in [1.54, 1.807) is 6.20 Å². The molecule has 0 aliphatic carbocycles. The Labute approximate surface area is 168 Å². The van der Waals surface area contributed by atoms with E-state index in [9.17, 15) is 4.79 Å². The highest BCUT2D eigenvalue weighted by molar-refractivity contribution is 6.02. The summed E-state index contributed by atoms with van der Waals surface area (Å²) >= 11 is 0. The second kappa shape index (κ2) is 6.74. The van der Waals surface area contributed by atoms with Crippen LogP contribution in [0, 0.1) is 6.92 Å². The lowest BCUT2D eigenvalue weighted by Crippen LogP contribution is -2.30. The third-order valence-electron chi connectivity index (χ3n) is 5.52. The zero-order valence-electron chi connectivity index (χ0n) is 16.1. The van der Waals surface area contributed by atoms with Crippen LogP contribution in [0.1, 0.15) is 16.7 Å². The van der Waals surface area contributed by atoms with Crippen LogP contribution in [0.2, 0.25) is 0 Å². The lowest BCUT2D eigenvalue weighted by molar-refractivity contribution is -0.117. The number of benzene rings is 2. The molecule has 1 aliphatic heterocycles. The van der Waals surface area contributed by atoms with E-state index in [-0.39, 0.29) is 5.91 Å². The van der Waals surface area contributed by atoms with Crippen molar-refractivity contribution >= 4 is 28.3 Å². The topological polar surface area (TPSA) is 87.9 Å². The summed E-state index contributed by atoms with van der Waals surface area (Å²) in [7, 11) is 0. The van der Waals surface area contributed by atoms with E-state index in [1.807, 2.05) is 48.4 Å². The maximum absolute atomic E-state index is 12.9. The number of aryl methyl sites for hydroxylation is 1. The van der Waals surface area contributed by atoms with Gasteiger partial charge in [-0.05, 0) is 42.2 Å². The van der Waals surface area contributed by atoms with E-state index in [2.05, 4.69) is 27.3 Å². The number of nitrogens with two attached hydrogens (primary N) is 1. The van der Waals surface area contributed by atoms with Crippen molar-refractivity contribution in [3.8, 4) is 11.1 Å². The van der Waals surface area contributed by atoms with Crippen LogP contribution < -0.4 is 10.6 Å². The molecule has 3 heterocycles. The number of aromatic nitrogens is 3. The van der Waals surface area contributed by atoms with Crippen LogP contribution in [0.3, 0.4) is 0 Å². The molecule has 1 aliphatic rings. The van der Waals surface area contributed by atoms with Gasteiger partial charge in [-0.2, -0.15) is 5.10 Å². The number of nitrogens with one attached hydrogen (secondary N) is 1. The zero-order chi connectivity index (χ0) is 20.0. The predicted molar refractivity (Wildman–Crippen MR) is 115 cm³/mol. The van der Waals surface area contributed by atoms with Gasteiger partial charge in [0.1, 0.15) is 0 Å². The molecule has 0 saturated carbocycles. The molecule has 0 unspecified atom stereocenters. The number of nitrogen functional groups attached to an aromatic ring is 1. The van der Waals surface area contributed by atoms with Gasteiger partial charge >= 0.3 is 0 Å². The zero-order valence-corrected chi connectivity index (χ0v) is 16.1. The van der Waals surface area contributed by atoms with Gasteiger partial charge in [-0.1, -0.05) is 35.9 Å². The van der Waals surface area contributed by atoms with Gasteiger partial charge in [0.2, 0.25) is 5.91 Å². The first-order chi connectivity index (χ1) is 14.1. The molecule has 4 aromatic rings. The van der Waals surface area contributed by atoms with E-state index < -0.39 is 0 Å². The summed E-state index contributed by atoms with van der Waals surface area (Å²) in [4.78, 5) is 19.1. The summed E-state index contributed by atoms with van der Waals surface area (Å²) < 4.78 is 0. The highest BCUT2D eigenvalue weighted by Crippen LogP contribution is 2.36. The minimum atomic E-state index is 0.130. The van der Waals surface area contributed by atoms with Crippen LogP contribution in [0.5, 0.6) is 0 Å². The molecule has 6 nitrogen and oxygen atoms in total. The molecule has 3 N–H and O–H groups in total. The maximum atomic E-state index is 12.9. The average Bonchev–Trinajstić information content (AvgIpc) is 3.31. The Morgan fingerprint density at radius 3 is 2.97 bits per heavy atom. The van der Waals surface area contributed by atoms with Gasteiger partial charge in [-0.3, -0.25) is 14.9 Å². The highest BCUT2D eigenvalue weighted by atomic mass is 16.2. The number of fused-ring (bicyclic) bond motifs is 2. The number of pyridine rings is 1. The van der Waals surface area contributed by atoms with Crippen LogP contribution in [0.25, 0.3) is 22.0 Å². The number of aromatic amines is 1. The van der Waals surface area contributed by atoms with Gasteiger partial charge in [0, 0.05) is 24.0 Å². The Morgan fingerprint density at radius 2 is 2.10 bits per heavy atom. The SMILES string of the molecule is Cc1cccc(CC(=O)N2CCc3cc(-c4cncc5[nH]nc(N)c45)ccc32)c1. The Bertz CT molecular complexity index is 1240. The molecule has 1 amide bonds. The van der Waals surface area contributed by atoms with Crippen molar-refractivity contribution in [2.45, 2.75) is 19.8 Å². The summed E-state index contributed by atoms with van der Waals surface area (Å²) in [5, 5.41) is 7.88. The van der Waals surface area contributed by atoms with Crippen molar-refractivity contribution in [2.24, 2.45) is 0 Å². The molecule has 0 radical (unpaired) electrons. The first-order valence-corrected chi connectivity index (χ1v) is 9.67. The van der Waals surface area contributed by atoms with Crippen molar-refractivity contribution in [3.05, 3.63) is 71.5 Å². The lowest BCUT2D eigenvalue weighted by atomic mass is 10.0. The van der Waals surface area contributed by atoms with Crippen LogP contribution in [0.15, 0.2) is 54.9 Å². The Morgan fingerprint density at radius 1 is 1.21 bits per heavy atom. The maximum Gasteiger partial charge on any atom is 0.231 e. The number of carbonyl (C=O) groups excluding carboxylic acids is 1. The normalized spacial score (nSPS) is 13.1. The van der Waals surface area contributed by atoms with Gasteiger partial charge in [0.05, 0.1) is 23.5 Å². The average molecular weight is 383 g/mol. The number of nitrogens with zero attached hydrogens (tertiary/aromatic N) is 3. The van der Waals surface area contributed by atoms with E-state index in [0.717, 1.165) is 39.7 Å². The molecule has 2 aromatic heterocycles. The first kappa shape index (κ1) is 17.4. The number of hydrogen-bond acceptors (Lipinski definition) is 4. The number of hydrogen-bond donors (Lipinski definition) is 2. The predicted octanol–water partition coefficient (Wildman–Crippen LogP) is 3.65. The van der Waals surface area contributed by atoms with Crippen LogP contribution in [-0.4, -0.2) is 27.6 Å². The third kappa shape index (κ3) is 3.02. The quantitative estimate of drug-likeness (QED) is 0.565. The lowest BCUT2D eigenvalue weighted by Gasteiger charge is -2.18.